The van der Waals surface area contributed by atoms with Crippen LogP contribution in [0.4, 0.5) is 5.00 Å². The number of hydrogen-bond acceptors (Lipinski definition) is 5. The lowest BCUT2D eigenvalue weighted by Gasteiger charge is -2.21. The first-order chi connectivity index (χ1) is 12.1. The third-order valence-corrected chi connectivity index (χ3v) is 6.25. The summed E-state index contributed by atoms with van der Waals surface area (Å²) in [4.78, 5) is 25.9. The molecule has 1 heterocycles. The molecule has 1 aromatic rings. The first kappa shape index (κ1) is 18.3. The van der Waals surface area contributed by atoms with Gasteiger partial charge in [0.2, 0.25) is 5.91 Å². The van der Waals surface area contributed by atoms with Crippen LogP contribution in [0.15, 0.2) is 0 Å². The summed E-state index contributed by atoms with van der Waals surface area (Å²) >= 11 is 6.85. The molecule has 0 aliphatic heterocycles. The zero-order valence-electron chi connectivity index (χ0n) is 14.5. The third-order valence-electron chi connectivity index (χ3n) is 4.84. The van der Waals surface area contributed by atoms with E-state index in [0.717, 1.165) is 50.5 Å². The molecule has 0 saturated heterocycles. The Kier molecular flexibility index (Phi) is 6.06. The number of ether oxygens (including phenoxy) is 1. The molecule has 0 unspecified atom stereocenters. The summed E-state index contributed by atoms with van der Waals surface area (Å²) in [6, 6.07) is 0. The lowest BCUT2D eigenvalue weighted by Crippen LogP contribution is -2.39. The Morgan fingerprint density at radius 2 is 1.96 bits per heavy atom. The van der Waals surface area contributed by atoms with Crippen LogP contribution < -0.4 is 10.6 Å². The molecule has 3 rings (SSSR count). The Hall–Kier alpha value is -1.47. The maximum atomic E-state index is 12.4. The molecule has 1 saturated carbocycles. The fourth-order valence-corrected chi connectivity index (χ4v) is 5.17. The third kappa shape index (κ3) is 4.20. The van der Waals surface area contributed by atoms with E-state index in [1.807, 2.05) is 0 Å². The Labute approximate surface area is 157 Å². The number of esters is 1. The molecule has 1 fully saturated rings. The van der Waals surface area contributed by atoms with Crippen molar-refractivity contribution in [2.75, 3.05) is 11.9 Å². The van der Waals surface area contributed by atoms with Crippen molar-refractivity contribution in [2.24, 2.45) is 5.92 Å². The molecule has 1 aromatic heterocycles. The first-order valence-electron chi connectivity index (χ1n) is 9.03. The van der Waals surface area contributed by atoms with Crippen molar-refractivity contribution in [1.29, 1.82) is 0 Å². The predicted octanol–water partition coefficient (Wildman–Crippen LogP) is 3.81. The van der Waals surface area contributed by atoms with E-state index >= 15 is 0 Å². The van der Waals surface area contributed by atoms with Gasteiger partial charge in [0.25, 0.3) is 0 Å². The molecule has 2 aliphatic carbocycles. The van der Waals surface area contributed by atoms with Gasteiger partial charge >= 0.3 is 5.97 Å². The van der Waals surface area contributed by atoms with E-state index < -0.39 is 0 Å². The second kappa shape index (κ2) is 8.27. The molecular weight excluding hydrogens is 356 g/mol. The normalized spacial score (nSPS) is 17.0. The average molecular weight is 381 g/mol. The van der Waals surface area contributed by atoms with Gasteiger partial charge in [0.05, 0.1) is 12.2 Å². The number of fused-ring (bicyclic) bond motifs is 1. The van der Waals surface area contributed by atoms with E-state index in [2.05, 4.69) is 10.6 Å². The quantitative estimate of drug-likeness (QED) is 0.614. The average Bonchev–Trinajstić information content (AvgIpc) is 3.16. The lowest BCUT2D eigenvalue weighted by atomic mass is 9.89. The van der Waals surface area contributed by atoms with E-state index in [-0.39, 0.29) is 22.9 Å². The number of anilines is 1. The summed E-state index contributed by atoms with van der Waals surface area (Å²) in [6.45, 7) is 2.14. The lowest BCUT2D eigenvalue weighted by molar-refractivity contribution is -0.124. The molecule has 0 spiro atoms. The summed E-state index contributed by atoms with van der Waals surface area (Å²) in [7, 11) is 0. The highest BCUT2D eigenvalue weighted by Crippen LogP contribution is 2.39. The van der Waals surface area contributed by atoms with E-state index in [1.54, 1.807) is 18.3 Å². The van der Waals surface area contributed by atoms with Crippen LogP contribution in [0.25, 0.3) is 0 Å². The van der Waals surface area contributed by atoms with Gasteiger partial charge in [-0.15, -0.1) is 11.3 Å². The van der Waals surface area contributed by atoms with Crippen molar-refractivity contribution in [3.63, 3.8) is 0 Å². The summed E-state index contributed by atoms with van der Waals surface area (Å²) in [5.41, 5.74) is 1.67. The van der Waals surface area contributed by atoms with Crippen LogP contribution >= 0.6 is 23.6 Å². The van der Waals surface area contributed by atoms with Gasteiger partial charge < -0.3 is 15.4 Å². The molecule has 2 N–H and O–H groups in total. The molecule has 2 aliphatic rings. The smallest absolute Gasteiger partial charge is 0.341 e. The zero-order chi connectivity index (χ0) is 17.8. The number of thiocarbonyl (C=S) groups is 1. The Balaban J connectivity index is 1.68. The minimum atomic E-state index is -0.314. The van der Waals surface area contributed by atoms with Gasteiger partial charge in [0, 0.05) is 10.8 Å². The Bertz CT molecular complexity index is 678. The van der Waals surface area contributed by atoms with Gasteiger partial charge in [0.15, 0.2) is 5.11 Å². The topological polar surface area (TPSA) is 67.4 Å². The SMILES string of the molecule is CCOC(=O)c1c(NC(=S)NC(=O)C2CCCCC2)sc2c1CCC2. The highest BCUT2D eigenvalue weighted by atomic mass is 32.1. The van der Waals surface area contributed by atoms with Crippen LogP contribution in [0.2, 0.25) is 0 Å². The fourth-order valence-electron chi connectivity index (χ4n) is 3.62. The van der Waals surface area contributed by atoms with Crippen molar-refractivity contribution < 1.29 is 14.3 Å². The van der Waals surface area contributed by atoms with Crippen LogP contribution in [-0.2, 0) is 22.4 Å². The minimum absolute atomic E-state index is 0.0148. The van der Waals surface area contributed by atoms with Crippen molar-refractivity contribution in [3.8, 4) is 0 Å². The summed E-state index contributed by atoms with van der Waals surface area (Å²) in [5.74, 6) is -0.281. The van der Waals surface area contributed by atoms with Gasteiger partial charge in [-0.2, -0.15) is 0 Å². The van der Waals surface area contributed by atoms with E-state index in [4.69, 9.17) is 17.0 Å². The maximum Gasteiger partial charge on any atom is 0.341 e. The maximum absolute atomic E-state index is 12.4. The number of hydrogen-bond donors (Lipinski definition) is 2. The van der Waals surface area contributed by atoms with Gasteiger partial charge in [0.1, 0.15) is 5.00 Å². The van der Waals surface area contributed by atoms with E-state index in [1.165, 1.54) is 11.3 Å². The van der Waals surface area contributed by atoms with Crippen molar-refractivity contribution in [3.05, 3.63) is 16.0 Å². The van der Waals surface area contributed by atoms with Gasteiger partial charge in [-0.3, -0.25) is 4.79 Å². The molecule has 0 radical (unpaired) electrons. The minimum Gasteiger partial charge on any atom is -0.462 e. The summed E-state index contributed by atoms with van der Waals surface area (Å²) < 4.78 is 5.21. The van der Waals surface area contributed by atoms with Crippen LogP contribution in [0.1, 0.15) is 66.2 Å². The largest absolute Gasteiger partial charge is 0.462 e. The van der Waals surface area contributed by atoms with Crippen molar-refractivity contribution >= 4 is 45.5 Å². The molecule has 0 aromatic carbocycles. The van der Waals surface area contributed by atoms with Gasteiger partial charge in [-0.05, 0) is 56.8 Å². The monoisotopic (exact) mass is 380 g/mol. The highest BCUT2D eigenvalue weighted by Gasteiger charge is 2.28. The first-order valence-corrected chi connectivity index (χ1v) is 10.3. The molecule has 136 valence electrons. The number of carbonyl (C=O) groups excluding carboxylic acids is 2. The molecule has 25 heavy (non-hydrogen) atoms. The second-order valence-corrected chi connectivity index (χ2v) is 8.07. The van der Waals surface area contributed by atoms with Crippen LogP contribution in [-0.4, -0.2) is 23.6 Å². The van der Waals surface area contributed by atoms with Crippen LogP contribution in [0.3, 0.4) is 0 Å². The Morgan fingerprint density at radius 3 is 2.68 bits per heavy atom. The predicted molar refractivity (Wildman–Crippen MR) is 103 cm³/mol. The number of nitrogens with one attached hydrogen (secondary N) is 2. The number of aryl methyl sites for hydroxylation is 1. The summed E-state index contributed by atoms with van der Waals surface area (Å²) in [6.07, 6.45) is 8.20. The molecule has 0 bridgehead atoms. The van der Waals surface area contributed by atoms with E-state index in [9.17, 15) is 9.59 Å². The second-order valence-electron chi connectivity index (χ2n) is 6.56. The Morgan fingerprint density at radius 1 is 1.20 bits per heavy atom. The van der Waals surface area contributed by atoms with Crippen LogP contribution in [0, 0.1) is 5.92 Å². The van der Waals surface area contributed by atoms with E-state index in [0.29, 0.717) is 17.2 Å². The molecular formula is C18H24N2O3S2. The fraction of sp³-hybridized carbons (Fsp3) is 0.611. The molecule has 1 amide bonds. The number of carbonyl (C=O) groups is 2. The van der Waals surface area contributed by atoms with Gasteiger partial charge in [-0.25, -0.2) is 4.79 Å². The number of amides is 1. The molecule has 5 nitrogen and oxygen atoms in total. The number of thiophene rings is 1. The summed E-state index contributed by atoms with van der Waals surface area (Å²) in [5, 5.41) is 6.82. The van der Waals surface area contributed by atoms with Gasteiger partial charge in [-0.1, -0.05) is 19.3 Å². The number of rotatable bonds is 4. The molecule has 7 heteroatoms. The zero-order valence-corrected chi connectivity index (χ0v) is 16.1. The standard InChI is InChI=1S/C18H24N2O3S2/c1-2-23-17(22)14-12-9-6-10-13(12)25-16(14)20-18(24)19-15(21)11-7-4-3-5-8-11/h11H,2-10H2,1H3,(H2,19,20,21,24). The highest BCUT2D eigenvalue weighted by molar-refractivity contribution is 7.80. The molecule has 0 atom stereocenters. The van der Waals surface area contributed by atoms with Crippen molar-refractivity contribution in [2.45, 2.75) is 58.3 Å². The van der Waals surface area contributed by atoms with Crippen LogP contribution in [0.5, 0.6) is 0 Å². The van der Waals surface area contributed by atoms with Crippen molar-refractivity contribution in [1.82, 2.24) is 5.32 Å².